The number of rotatable bonds is 7. The molecule has 0 amide bonds. The van der Waals surface area contributed by atoms with Crippen LogP contribution in [0, 0.1) is 0 Å². The predicted octanol–water partition coefficient (Wildman–Crippen LogP) is 2.98. The third-order valence-electron chi connectivity index (χ3n) is 4.70. The van der Waals surface area contributed by atoms with E-state index in [1.807, 2.05) is 0 Å². The van der Waals surface area contributed by atoms with Gasteiger partial charge in [0, 0.05) is 25.7 Å². The highest BCUT2D eigenvalue weighted by molar-refractivity contribution is 5.18. The minimum atomic E-state index is 0.478. The van der Waals surface area contributed by atoms with Crippen LogP contribution in [0.4, 0.5) is 0 Å². The molecule has 2 bridgehead atoms. The number of benzene rings is 1. The molecule has 0 aromatic heterocycles. The lowest BCUT2D eigenvalue weighted by Gasteiger charge is -2.33. The van der Waals surface area contributed by atoms with Crippen molar-refractivity contribution < 1.29 is 4.74 Å². The lowest BCUT2D eigenvalue weighted by Crippen LogP contribution is -2.43. The second-order valence-corrected chi connectivity index (χ2v) is 6.42. The summed E-state index contributed by atoms with van der Waals surface area (Å²) >= 11 is 0. The number of hydrogen-bond acceptors (Lipinski definition) is 3. The van der Waals surface area contributed by atoms with Gasteiger partial charge in [0.05, 0.1) is 12.2 Å². The Balaban J connectivity index is 1.54. The van der Waals surface area contributed by atoms with Gasteiger partial charge in [0.25, 0.3) is 0 Å². The topological polar surface area (TPSA) is 24.5 Å². The summed E-state index contributed by atoms with van der Waals surface area (Å²) in [6.07, 6.45) is 5.90. The van der Waals surface area contributed by atoms with Crippen LogP contribution in [0.1, 0.15) is 44.2 Å². The van der Waals surface area contributed by atoms with Gasteiger partial charge >= 0.3 is 0 Å². The van der Waals surface area contributed by atoms with Crippen molar-refractivity contribution in [2.45, 2.75) is 50.9 Å². The van der Waals surface area contributed by atoms with Crippen LogP contribution in [0.2, 0.25) is 0 Å². The Morgan fingerprint density at radius 2 is 1.90 bits per heavy atom. The summed E-state index contributed by atoms with van der Waals surface area (Å²) in [6.45, 7) is 6.76. The monoisotopic (exact) mass is 288 g/mol. The molecule has 2 heterocycles. The van der Waals surface area contributed by atoms with E-state index in [-0.39, 0.29) is 0 Å². The number of morpholine rings is 1. The highest BCUT2D eigenvalue weighted by atomic mass is 16.5. The summed E-state index contributed by atoms with van der Waals surface area (Å²) in [6, 6.07) is 11.4. The maximum atomic E-state index is 5.93. The van der Waals surface area contributed by atoms with Crippen LogP contribution in [-0.2, 0) is 4.74 Å². The molecule has 0 aliphatic carbocycles. The summed E-state index contributed by atoms with van der Waals surface area (Å²) < 4.78 is 5.93. The third kappa shape index (κ3) is 4.06. The molecule has 1 N–H and O–H groups in total. The smallest absolute Gasteiger partial charge is 0.0707 e. The van der Waals surface area contributed by atoms with Gasteiger partial charge in [-0.05, 0) is 37.8 Å². The zero-order valence-corrected chi connectivity index (χ0v) is 13.1. The molecule has 0 radical (unpaired) electrons. The van der Waals surface area contributed by atoms with Gasteiger partial charge in [0.1, 0.15) is 0 Å². The van der Waals surface area contributed by atoms with Crippen molar-refractivity contribution >= 4 is 0 Å². The van der Waals surface area contributed by atoms with Gasteiger partial charge < -0.3 is 10.1 Å². The summed E-state index contributed by atoms with van der Waals surface area (Å²) in [7, 11) is 0. The molecule has 1 aromatic rings. The van der Waals surface area contributed by atoms with E-state index in [9.17, 15) is 0 Å². The first-order valence-corrected chi connectivity index (χ1v) is 8.51. The van der Waals surface area contributed by atoms with E-state index in [1.54, 1.807) is 0 Å². The number of nitrogens with one attached hydrogen (secondary N) is 1. The van der Waals surface area contributed by atoms with Crippen LogP contribution in [0.25, 0.3) is 0 Å². The second kappa shape index (κ2) is 7.39. The lowest BCUT2D eigenvalue weighted by atomic mass is 10.0. The lowest BCUT2D eigenvalue weighted by molar-refractivity contribution is -0.0390. The van der Waals surface area contributed by atoms with E-state index < -0.39 is 0 Å². The first-order valence-electron chi connectivity index (χ1n) is 8.51. The summed E-state index contributed by atoms with van der Waals surface area (Å²) in [4.78, 5) is 2.61. The fourth-order valence-corrected chi connectivity index (χ4v) is 3.58. The fourth-order valence-electron chi connectivity index (χ4n) is 3.58. The minimum absolute atomic E-state index is 0.478. The molecule has 0 saturated carbocycles. The summed E-state index contributed by atoms with van der Waals surface area (Å²) in [5, 5.41) is 3.71. The van der Waals surface area contributed by atoms with Crippen molar-refractivity contribution in [1.29, 1.82) is 0 Å². The standard InChI is InChI=1S/C18H28N2O/c1-2-11-19-18(15-6-4-3-5-7-15)10-12-20-13-16-8-9-17(14-20)21-16/h3-7,16-19H,2,8-14H2,1H3. The van der Waals surface area contributed by atoms with Crippen LogP contribution >= 0.6 is 0 Å². The van der Waals surface area contributed by atoms with Crippen molar-refractivity contribution in [2.24, 2.45) is 0 Å². The molecule has 3 nitrogen and oxygen atoms in total. The summed E-state index contributed by atoms with van der Waals surface area (Å²) in [5.41, 5.74) is 1.42. The van der Waals surface area contributed by atoms with Crippen LogP contribution in [0.5, 0.6) is 0 Å². The van der Waals surface area contributed by atoms with Gasteiger partial charge in [-0.2, -0.15) is 0 Å². The van der Waals surface area contributed by atoms with Crippen molar-refractivity contribution in [2.75, 3.05) is 26.2 Å². The predicted molar refractivity (Wildman–Crippen MR) is 86.4 cm³/mol. The van der Waals surface area contributed by atoms with Crippen LogP contribution < -0.4 is 5.32 Å². The molecule has 3 unspecified atom stereocenters. The Labute approximate surface area is 128 Å². The van der Waals surface area contributed by atoms with E-state index in [0.717, 1.165) is 19.6 Å². The Bertz CT molecular complexity index is 410. The molecule has 3 rings (SSSR count). The highest BCUT2D eigenvalue weighted by Crippen LogP contribution is 2.27. The van der Waals surface area contributed by atoms with Crippen LogP contribution in [-0.4, -0.2) is 43.3 Å². The number of likely N-dealkylation sites (tertiary alicyclic amines) is 1. The number of nitrogens with zero attached hydrogens (tertiary/aromatic N) is 1. The largest absolute Gasteiger partial charge is 0.372 e. The first kappa shape index (κ1) is 15.0. The van der Waals surface area contributed by atoms with Crippen LogP contribution in [0.15, 0.2) is 30.3 Å². The SMILES string of the molecule is CCCNC(CCN1CC2CCC(C1)O2)c1ccccc1. The second-order valence-electron chi connectivity index (χ2n) is 6.42. The normalized spacial score (nSPS) is 26.9. The van der Waals surface area contributed by atoms with Gasteiger partial charge in [-0.1, -0.05) is 37.3 Å². The van der Waals surface area contributed by atoms with E-state index in [1.165, 1.54) is 37.8 Å². The Hall–Kier alpha value is -0.900. The van der Waals surface area contributed by atoms with Crippen molar-refractivity contribution in [3.63, 3.8) is 0 Å². The van der Waals surface area contributed by atoms with Crippen molar-refractivity contribution in [3.05, 3.63) is 35.9 Å². The Kier molecular flexibility index (Phi) is 5.28. The molecule has 3 atom stereocenters. The Morgan fingerprint density at radius 3 is 2.57 bits per heavy atom. The average molecular weight is 288 g/mol. The van der Waals surface area contributed by atoms with Crippen molar-refractivity contribution in [3.8, 4) is 0 Å². The third-order valence-corrected chi connectivity index (χ3v) is 4.70. The van der Waals surface area contributed by atoms with Crippen LogP contribution in [0.3, 0.4) is 0 Å². The van der Waals surface area contributed by atoms with Gasteiger partial charge in [-0.3, -0.25) is 4.90 Å². The molecule has 3 heteroatoms. The number of fused-ring (bicyclic) bond motifs is 2. The van der Waals surface area contributed by atoms with Crippen molar-refractivity contribution in [1.82, 2.24) is 10.2 Å². The number of hydrogen-bond donors (Lipinski definition) is 1. The molecular weight excluding hydrogens is 260 g/mol. The molecule has 2 aliphatic rings. The first-order chi connectivity index (χ1) is 10.3. The molecule has 116 valence electrons. The number of ether oxygens (including phenoxy) is 1. The maximum absolute atomic E-state index is 5.93. The average Bonchev–Trinajstić information content (AvgIpc) is 2.87. The molecule has 21 heavy (non-hydrogen) atoms. The fraction of sp³-hybridized carbons (Fsp3) is 0.667. The van der Waals surface area contributed by atoms with Gasteiger partial charge in [0.2, 0.25) is 0 Å². The molecule has 2 fully saturated rings. The van der Waals surface area contributed by atoms with Gasteiger partial charge in [-0.15, -0.1) is 0 Å². The quantitative estimate of drug-likeness (QED) is 0.835. The molecular formula is C18H28N2O. The Morgan fingerprint density at radius 1 is 1.19 bits per heavy atom. The molecule has 0 spiro atoms. The van der Waals surface area contributed by atoms with Gasteiger partial charge in [0.15, 0.2) is 0 Å². The van der Waals surface area contributed by atoms with E-state index in [4.69, 9.17) is 4.74 Å². The van der Waals surface area contributed by atoms with E-state index in [2.05, 4.69) is 47.5 Å². The minimum Gasteiger partial charge on any atom is -0.372 e. The molecule has 1 aromatic carbocycles. The maximum Gasteiger partial charge on any atom is 0.0707 e. The zero-order chi connectivity index (χ0) is 14.5. The highest BCUT2D eigenvalue weighted by Gasteiger charge is 2.33. The summed E-state index contributed by atoms with van der Waals surface area (Å²) in [5.74, 6) is 0. The molecule has 2 aliphatic heterocycles. The molecule has 2 saturated heterocycles. The van der Waals surface area contributed by atoms with E-state index >= 15 is 0 Å². The van der Waals surface area contributed by atoms with Gasteiger partial charge in [-0.25, -0.2) is 0 Å². The zero-order valence-electron chi connectivity index (χ0n) is 13.1. The van der Waals surface area contributed by atoms with E-state index in [0.29, 0.717) is 18.2 Å².